The Balaban J connectivity index is 1.49. The zero-order chi connectivity index (χ0) is 27.0. The lowest BCUT2D eigenvalue weighted by Gasteiger charge is -2.33. The fraction of sp³-hybridized carbons (Fsp3) is 0.480. The molecule has 3 aromatic rings. The second-order valence-electron chi connectivity index (χ2n) is 10.1. The first-order valence-corrected chi connectivity index (χ1v) is 13.4. The molecule has 0 spiro atoms. The summed E-state index contributed by atoms with van der Waals surface area (Å²) in [6, 6.07) is 5.00. The molecule has 1 aromatic carbocycles. The first-order valence-electron chi connectivity index (χ1n) is 11.9. The second-order valence-corrected chi connectivity index (χ2v) is 11.8. The highest BCUT2D eigenvalue weighted by Gasteiger charge is 2.28. The largest absolute Gasteiger partial charge is 0.470 e. The van der Waals surface area contributed by atoms with E-state index in [1.807, 2.05) is 33.8 Å². The predicted octanol–water partition coefficient (Wildman–Crippen LogP) is 4.63. The molecule has 1 unspecified atom stereocenters. The van der Waals surface area contributed by atoms with Gasteiger partial charge in [0.25, 0.3) is 16.4 Å². The van der Waals surface area contributed by atoms with E-state index >= 15 is 0 Å². The molecule has 0 bridgehead atoms. The first-order chi connectivity index (χ1) is 17.3. The van der Waals surface area contributed by atoms with Crippen molar-refractivity contribution in [3.63, 3.8) is 0 Å². The van der Waals surface area contributed by atoms with Gasteiger partial charge in [0, 0.05) is 24.1 Å². The van der Waals surface area contributed by atoms with Gasteiger partial charge in [0.1, 0.15) is 5.76 Å². The number of fused-ring (bicyclic) bond motifs is 1. The van der Waals surface area contributed by atoms with Crippen molar-refractivity contribution < 1.29 is 26.5 Å². The summed E-state index contributed by atoms with van der Waals surface area (Å²) >= 11 is 0. The van der Waals surface area contributed by atoms with Crippen LogP contribution in [0.25, 0.3) is 0 Å². The van der Waals surface area contributed by atoms with Crippen LogP contribution in [0.2, 0.25) is 0 Å². The van der Waals surface area contributed by atoms with Crippen molar-refractivity contribution in [2.45, 2.75) is 70.4 Å². The number of nitrogens with one attached hydrogen (secondary N) is 1. The Kier molecular flexibility index (Phi) is 7.52. The second kappa shape index (κ2) is 10.3. The van der Waals surface area contributed by atoms with Crippen molar-refractivity contribution in [3.05, 3.63) is 58.7 Å². The molecule has 1 aliphatic rings. The van der Waals surface area contributed by atoms with E-state index in [1.54, 1.807) is 19.1 Å². The normalized spacial score (nSPS) is 15.5. The zero-order valence-corrected chi connectivity index (χ0v) is 22.3. The van der Waals surface area contributed by atoms with Crippen LogP contribution >= 0.6 is 0 Å². The van der Waals surface area contributed by atoms with E-state index in [4.69, 9.17) is 9.26 Å². The summed E-state index contributed by atoms with van der Waals surface area (Å²) in [6.07, 6.45) is 1.00. The summed E-state index contributed by atoms with van der Waals surface area (Å²) < 4.78 is 63.9. The Labute approximate surface area is 215 Å². The van der Waals surface area contributed by atoms with Crippen LogP contribution in [0.1, 0.15) is 61.9 Å². The first kappa shape index (κ1) is 26.9. The average Bonchev–Trinajstić information content (AvgIpc) is 3.21. The number of nitrogens with zero attached hydrogens (tertiary/aromatic N) is 4. The zero-order valence-electron chi connectivity index (χ0n) is 21.5. The molecule has 0 saturated carbocycles. The third kappa shape index (κ3) is 6.07. The standard InChI is InChI=1S/C25H31F2N5O4S/c1-15-23(25(3,4)5)36-30-24(15)31-37(33,34)19-7-6-17-8-9-32(13-18(17)10-19)16(2)20-11-29-22(12-28-20)35-14-21(26)27/h6-7,10-12,16,21H,8-9,13-14H2,1-5H3,(H,30,31). The van der Waals surface area contributed by atoms with Crippen LogP contribution in [0, 0.1) is 6.92 Å². The van der Waals surface area contributed by atoms with Gasteiger partial charge >= 0.3 is 0 Å². The minimum absolute atomic E-state index is 0.0413. The third-order valence-electron chi connectivity index (χ3n) is 6.35. The number of hydrogen-bond donors (Lipinski definition) is 1. The number of sulfonamides is 1. The molecule has 0 aliphatic carbocycles. The van der Waals surface area contributed by atoms with Crippen molar-refractivity contribution in [2.75, 3.05) is 17.9 Å². The van der Waals surface area contributed by atoms with Gasteiger partial charge in [-0.25, -0.2) is 22.2 Å². The fourth-order valence-corrected chi connectivity index (χ4v) is 5.43. The minimum Gasteiger partial charge on any atom is -0.470 e. The van der Waals surface area contributed by atoms with Gasteiger partial charge in [0.05, 0.1) is 29.0 Å². The van der Waals surface area contributed by atoms with Crippen LogP contribution in [0.4, 0.5) is 14.6 Å². The van der Waals surface area contributed by atoms with Crippen molar-refractivity contribution in [1.82, 2.24) is 20.0 Å². The van der Waals surface area contributed by atoms with Gasteiger partial charge in [-0.15, -0.1) is 0 Å². The minimum atomic E-state index is -3.89. The topological polar surface area (TPSA) is 110 Å². The molecule has 4 rings (SSSR count). The fourth-order valence-electron chi connectivity index (χ4n) is 4.32. The maximum atomic E-state index is 13.2. The van der Waals surface area contributed by atoms with Gasteiger partial charge in [-0.05, 0) is 43.5 Å². The van der Waals surface area contributed by atoms with Crippen LogP contribution in [0.15, 0.2) is 40.0 Å². The molecule has 2 aromatic heterocycles. The van der Waals surface area contributed by atoms with Gasteiger partial charge in [-0.2, -0.15) is 0 Å². The third-order valence-corrected chi connectivity index (χ3v) is 7.68. The summed E-state index contributed by atoms with van der Waals surface area (Å²) in [4.78, 5) is 10.7. The number of rotatable bonds is 8. The number of aromatic nitrogens is 3. The molecule has 0 saturated heterocycles. The molecule has 0 fully saturated rings. The summed E-state index contributed by atoms with van der Waals surface area (Å²) in [5, 5.41) is 3.94. The monoisotopic (exact) mass is 535 g/mol. The SMILES string of the molecule is Cc1c(NS(=O)(=O)c2ccc3c(c2)CN(C(C)c2cnc(OCC(F)F)cn2)CC3)noc1C(C)(C)C. The molecule has 1 aliphatic heterocycles. The summed E-state index contributed by atoms with van der Waals surface area (Å²) in [5.74, 6) is 0.842. The van der Waals surface area contributed by atoms with Gasteiger partial charge in [-0.1, -0.05) is 32.0 Å². The van der Waals surface area contributed by atoms with E-state index in [-0.39, 0.29) is 28.1 Å². The average molecular weight is 536 g/mol. The van der Waals surface area contributed by atoms with Crippen LogP contribution in [0.3, 0.4) is 0 Å². The maximum absolute atomic E-state index is 13.2. The van der Waals surface area contributed by atoms with E-state index < -0.39 is 23.1 Å². The van der Waals surface area contributed by atoms with Gasteiger partial charge in [0.15, 0.2) is 12.4 Å². The summed E-state index contributed by atoms with van der Waals surface area (Å²) in [6.45, 7) is 10.2. The van der Waals surface area contributed by atoms with Gasteiger partial charge in [0.2, 0.25) is 5.88 Å². The predicted molar refractivity (Wildman–Crippen MR) is 133 cm³/mol. The lowest BCUT2D eigenvalue weighted by molar-refractivity contribution is 0.0792. The Bertz CT molecular complexity index is 1350. The van der Waals surface area contributed by atoms with Crippen molar-refractivity contribution in [2.24, 2.45) is 0 Å². The summed E-state index contributed by atoms with van der Waals surface area (Å²) in [7, 11) is -3.89. The lowest BCUT2D eigenvalue weighted by atomic mass is 9.91. The molecule has 200 valence electrons. The molecule has 1 atom stereocenters. The molecule has 0 amide bonds. The van der Waals surface area contributed by atoms with Crippen LogP contribution < -0.4 is 9.46 Å². The van der Waals surface area contributed by atoms with Crippen molar-refractivity contribution in [3.8, 4) is 5.88 Å². The van der Waals surface area contributed by atoms with Crippen LogP contribution in [-0.2, 0) is 28.4 Å². The van der Waals surface area contributed by atoms with Gasteiger partial charge in [-0.3, -0.25) is 14.6 Å². The summed E-state index contributed by atoms with van der Waals surface area (Å²) in [5.41, 5.74) is 2.99. The Morgan fingerprint density at radius 1 is 1.19 bits per heavy atom. The molecule has 9 nitrogen and oxygen atoms in total. The van der Waals surface area contributed by atoms with Gasteiger partial charge < -0.3 is 9.26 Å². The Morgan fingerprint density at radius 3 is 2.57 bits per heavy atom. The van der Waals surface area contributed by atoms with E-state index in [0.717, 1.165) is 24.1 Å². The number of alkyl halides is 2. The molecule has 1 N–H and O–H groups in total. The Hall–Kier alpha value is -3.12. The molecule has 12 heteroatoms. The van der Waals surface area contributed by atoms with E-state index in [0.29, 0.717) is 23.6 Å². The molecular formula is C25H31F2N5O4S. The lowest BCUT2D eigenvalue weighted by Crippen LogP contribution is -2.33. The molecule has 0 radical (unpaired) electrons. The smallest absolute Gasteiger partial charge is 0.272 e. The highest BCUT2D eigenvalue weighted by atomic mass is 32.2. The Morgan fingerprint density at radius 2 is 1.95 bits per heavy atom. The number of benzene rings is 1. The molecule has 37 heavy (non-hydrogen) atoms. The number of hydrogen-bond acceptors (Lipinski definition) is 8. The highest BCUT2D eigenvalue weighted by Crippen LogP contribution is 2.32. The van der Waals surface area contributed by atoms with Crippen molar-refractivity contribution >= 4 is 15.8 Å². The highest BCUT2D eigenvalue weighted by molar-refractivity contribution is 7.92. The number of anilines is 1. The number of halogens is 2. The van der Waals surface area contributed by atoms with Crippen LogP contribution in [0.5, 0.6) is 5.88 Å². The maximum Gasteiger partial charge on any atom is 0.272 e. The molecular weight excluding hydrogens is 504 g/mol. The quantitative estimate of drug-likeness (QED) is 0.444. The van der Waals surface area contributed by atoms with Crippen molar-refractivity contribution in [1.29, 1.82) is 0 Å². The van der Waals surface area contributed by atoms with E-state index in [9.17, 15) is 17.2 Å². The number of ether oxygens (including phenoxy) is 1. The van der Waals surface area contributed by atoms with E-state index in [1.165, 1.54) is 12.4 Å². The molecule has 3 heterocycles. The van der Waals surface area contributed by atoms with Crippen LogP contribution in [-0.4, -0.2) is 48.0 Å². The van der Waals surface area contributed by atoms with E-state index in [2.05, 4.69) is 24.7 Å².